The molecule has 29 heavy (non-hydrogen) atoms. The van der Waals surface area contributed by atoms with Gasteiger partial charge in [-0.3, -0.25) is 9.52 Å². The first-order chi connectivity index (χ1) is 13.7. The van der Waals surface area contributed by atoms with E-state index in [-0.39, 0.29) is 16.3 Å². The summed E-state index contributed by atoms with van der Waals surface area (Å²) in [5.74, 6) is -0.695. The zero-order valence-corrected chi connectivity index (χ0v) is 17.4. The predicted molar refractivity (Wildman–Crippen MR) is 111 cm³/mol. The van der Waals surface area contributed by atoms with Gasteiger partial charge in [-0.15, -0.1) is 0 Å². The van der Waals surface area contributed by atoms with Crippen LogP contribution >= 0.6 is 0 Å². The lowest BCUT2D eigenvalue weighted by atomic mass is 9.96. The van der Waals surface area contributed by atoms with E-state index in [1.54, 1.807) is 12.1 Å². The highest BCUT2D eigenvalue weighted by Gasteiger charge is 2.36. The lowest BCUT2D eigenvalue weighted by Gasteiger charge is -2.36. The fraction of sp³-hybridized carbons (Fsp3) is 0.381. The third kappa shape index (κ3) is 4.94. The van der Waals surface area contributed by atoms with Crippen LogP contribution in [0.5, 0.6) is 0 Å². The van der Waals surface area contributed by atoms with Crippen molar-refractivity contribution in [2.75, 3.05) is 25.4 Å². The van der Waals surface area contributed by atoms with Gasteiger partial charge in [-0.1, -0.05) is 12.8 Å². The van der Waals surface area contributed by atoms with Gasteiger partial charge in [0.15, 0.2) is 0 Å². The normalized spacial score (nSPS) is 16.0. The molecule has 1 saturated carbocycles. The average Bonchev–Trinajstić information content (AvgIpc) is 3.17. The van der Waals surface area contributed by atoms with Crippen molar-refractivity contribution in [2.45, 2.75) is 36.1 Å². The van der Waals surface area contributed by atoms with E-state index in [9.17, 15) is 17.6 Å². The summed E-state index contributed by atoms with van der Waals surface area (Å²) in [4.78, 5) is 14.7. The Morgan fingerprint density at radius 3 is 2.17 bits per heavy atom. The first-order valence-electron chi connectivity index (χ1n) is 9.56. The molecule has 0 heterocycles. The topological polar surface area (TPSA) is 78.5 Å². The minimum atomic E-state index is -3.82. The Morgan fingerprint density at radius 2 is 1.62 bits per heavy atom. The fourth-order valence-corrected chi connectivity index (χ4v) is 4.74. The van der Waals surface area contributed by atoms with E-state index >= 15 is 0 Å². The summed E-state index contributed by atoms with van der Waals surface area (Å²) in [5, 5.41) is 3.01. The third-order valence-electron chi connectivity index (χ3n) is 5.58. The number of sulfonamides is 1. The van der Waals surface area contributed by atoms with E-state index in [4.69, 9.17) is 0 Å². The second kappa shape index (κ2) is 8.51. The monoisotopic (exact) mass is 419 g/mol. The van der Waals surface area contributed by atoms with Crippen molar-refractivity contribution >= 4 is 21.6 Å². The van der Waals surface area contributed by atoms with Crippen LogP contribution < -0.4 is 10.0 Å². The Bertz CT molecular complexity index is 952. The number of nitrogens with one attached hydrogen (secondary N) is 2. The number of nitrogens with zero attached hydrogens (tertiary/aromatic N) is 1. The van der Waals surface area contributed by atoms with Crippen LogP contribution in [0.4, 0.5) is 10.1 Å². The molecule has 2 aromatic carbocycles. The molecule has 1 fully saturated rings. The molecular weight excluding hydrogens is 393 g/mol. The van der Waals surface area contributed by atoms with E-state index in [0.29, 0.717) is 17.8 Å². The summed E-state index contributed by atoms with van der Waals surface area (Å²) in [5.41, 5.74) is 0.786. The number of amides is 1. The molecular formula is C21H26FN3O3S. The van der Waals surface area contributed by atoms with E-state index < -0.39 is 15.8 Å². The summed E-state index contributed by atoms with van der Waals surface area (Å²) in [6.07, 6.45) is 4.45. The molecule has 0 spiro atoms. The van der Waals surface area contributed by atoms with Crippen LogP contribution in [0.3, 0.4) is 0 Å². The maximum atomic E-state index is 13.0. The Hall–Kier alpha value is -2.45. The van der Waals surface area contributed by atoms with Gasteiger partial charge in [0.05, 0.1) is 4.90 Å². The Morgan fingerprint density at radius 1 is 1.03 bits per heavy atom. The number of carbonyl (C=O) groups excluding carboxylic acids is 1. The van der Waals surface area contributed by atoms with Crippen molar-refractivity contribution in [3.63, 3.8) is 0 Å². The van der Waals surface area contributed by atoms with Crippen molar-refractivity contribution in [1.82, 2.24) is 10.2 Å². The molecule has 0 atom stereocenters. The molecule has 0 saturated heterocycles. The van der Waals surface area contributed by atoms with Crippen LogP contribution in [-0.4, -0.2) is 45.4 Å². The fourth-order valence-electron chi connectivity index (χ4n) is 3.68. The summed E-state index contributed by atoms with van der Waals surface area (Å²) in [6, 6.07) is 10.8. The van der Waals surface area contributed by atoms with Gasteiger partial charge in [-0.25, -0.2) is 12.8 Å². The SMILES string of the molecule is CN(C)C1(CNC(=O)c2ccc(NS(=O)(=O)c3ccc(F)cc3)cc2)CCCC1. The summed E-state index contributed by atoms with van der Waals surface area (Å²) >= 11 is 0. The first-order valence-corrected chi connectivity index (χ1v) is 11.0. The van der Waals surface area contributed by atoms with E-state index in [1.807, 2.05) is 14.1 Å². The number of likely N-dealkylation sites (N-methyl/N-ethyl adjacent to an activating group) is 1. The molecule has 2 aromatic rings. The minimum absolute atomic E-state index is 0.000389. The van der Waals surface area contributed by atoms with Gasteiger partial charge in [0, 0.05) is 23.3 Å². The summed E-state index contributed by atoms with van der Waals surface area (Å²) in [7, 11) is 0.257. The van der Waals surface area contributed by atoms with Gasteiger partial charge in [0.2, 0.25) is 0 Å². The van der Waals surface area contributed by atoms with Crippen molar-refractivity contribution in [1.29, 1.82) is 0 Å². The molecule has 0 radical (unpaired) electrons. The number of hydrogen-bond acceptors (Lipinski definition) is 4. The molecule has 3 rings (SSSR count). The van der Waals surface area contributed by atoms with Gasteiger partial charge >= 0.3 is 0 Å². The maximum Gasteiger partial charge on any atom is 0.261 e. The van der Waals surface area contributed by atoms with Crippen LogP contribution in [0.1, 0.15) is 36.0 Å². The Balaban J connectivity index is 1.63. The van der Waals surface area contributed by atoms with Gasteiger partial charge in [-0.2, -0.15) is 0 Å². The molecule has 1 aliphatic carbocycles. The standard InChI is InChI=1S/C21H26FN3O3S/c1-25(2)21(13-3-4-14-21)15-23-20(26)16-5-9-18(10-6-16)24-29(27,28)19-11-7-17(22)8-12-19/h5-12,24H,3-4,13-15H2,1-2H3,(H,23,26). The molecule has 0 bridgehead atoms. The van der Waals surface area contributed by atoms with E-state index in [1.165, 1.54) is 24.3 Å². The number of hydrogen-bond donors (Lipinski definition) is 2. The predicted octanol–water partition coefficient (Wildman–Crippen LogP) is 3.23. The molecule has 156 valence electrons. The van der Waals surface area contributed by atoms with Crippen LogP contribution in [-0.2, 0) is 10.0 Å². The van der Waals surface area contributed by atoms with Gasteiger partial charge in [0.1, 0.15) is 5.82 Å². The third-order valence-corrected chi connectivity index (χ3v) is 6.98. The van der Waals surface area contributed by atoms with Gasteiger partial charge < -0.3 is 10.2 Å². The van der Waals surface area contributed by atoms with Gasteiger partial charge in [-0.05, 0) is 75.5 Å². The zero-order chi connectivity index (χ0) is 21.1. The van der Waals surface area contributed by atoms with E-state index in [0.717, 1.165) is 37.8 Å². The lowest BCUT2D eigenvalue weighted by molar-refractivity contribution is 0.0900. The summed E-state index contributed by atoms with van der Waals surface area (Å²) in [6.45, 7) is 0.581. The zero-order valence-electron chi connectivity index (χ0n) is 16.6. The van der Waals surface area contributed by atoms with Crippen molar-refractivity contribution in [3.8, 4) is 0 Å². The number of rotatable bonds is 7. The quantitative estimate of drug-likeness (QED) is 0.722. The lowest BCUT2D eigenvalue weighted by Crippen LogP contribution is -2.50. The minimum Gasteiger partial charge on any atom is -0.350 e. The molecule has 0 aromatic heterocycles. The highest BCUT2D eigenvalue weighted by molar-refractivity contribution is 7.92. The highest BCUT2D eigenvalue weighted by atomic mass is 32.2. The number of anilines is 1. The second-order valence-corrected chi connectivity index (χ2v) is 9.33. The molecule has 1 amide bonds. The molecule has 0 unspecified atom stereocenters. The summed E-state index contributed by atoms with van der Waals surface area (Å²) < 4.78 is 40.2. The van der Waals surface area contributed by atoms with Gasteiger partial charge in [0.25, 0.3) is 15.9 Å². The second-order valence-electron chi connectivity index (χ2n) is 7.65. The number of halogens is 1. The van der Waals surface area contributed by atoms with Crippen LogP contribution in [0.2, 0.25) is 0 Å². The van der Waals surface area contributed by atoms with Crippen molar-refractivity contribution in [2.24, 2.45) is 0 Å². The molecule has 0 aliphatic heterocycles. The molecule has 8 heteroatoms. The highest BCUT2D eigenvalue weighted by Crippen LogP contribution is 2.33. The average molecular weight is 420 g/mol. The first kappa shape index (κ1) is 21.3. The largest absolute Gasteiger partial charge is 0.350 e. The number of carbonyl (C=O) groups is 1. The van der Waals surface area contributed by atoms with Crippen LogP contribution in [0.25, 0.3) is 0 Å². The molecule has 1 aliphatic rings. The maximum absolute atomic E-state index is 13.0. The Kier molecular flexibility index (Phi) is 6.24. The Labute approximate surface area is 171 Å². The van der Waals surface area contributed by atoms with Crippen molar-refractivity contribution in [3.05, 3.63) is 59.9 Å². The van der Waals surface area contributed by atoms with Crippen LogP contribution in [0, 0.1) is 5.82 Å². The molecule has 2 N–H and O–H groups in total. The smallest absolute Gasteiger partial charge is 0.261 e. The molecule has 6 nitrogen and oxygen atoms in total. The van der Waals surface area contributed by atoms with E-state index in [2.05, 4.69) is 14.9 Å². The van der Waals surface area contributed by atoms with Crippen molar-refractivity contribution < 1.29 is 17.6 Å². The van der Waals surface area contributed by atoms with Crippen LogP contribution in [0.15, 0.2) is 53.4 Å². The number of benzene rings is 2.